The summed E-state index contributed by atoms with van der Waals surface area (Å²) in [4.78, 5) is -0.355. The summed E-state index contributed by atoms with van der Waals surface area (Å²) in [6.45, 7) is 1.77. The van der Waals surface area contributed by atoms with Crippen LogP contribution in [0.5, 0.6) is 0 Å². The third-order valence-corrected chi connectivity index (χ3v) is 6.36. The zero-order chi connectivity index (χ0) is 15.5. The molecule has 118 valence electrons. The molecule has 2 unspecified atom stereocenters. The largest absolute Gasteiger partial charge is 0.392 e. The van der Waals surface area contributed by atoms with E-state index in [-0.39, 0.29) is 17.5 Å². The second-order valence-electron chi connectivity index (χ2n) is 5.13. The van der Waals surface area contributed by atoms with Gasteiger partial charge < -0.3 is 5.11 Å². The average Bonchev–Trinajstić information content (AvgIpc) is 2.85. The minimum atomic E-state index is -3.85. The molecule has 4 nitrogen and oxygen atoms in total. The van der Waals surface area contributed by atoms with Gasteiger partial charge in [0, 0.05) is 11.3 Å². The zero-order valence-corrected chi connectivity index (χ0v) is 13.5. The van der Waals surface area contributed by atoms with Crippen molar-refractivity contribution in [2.75, 3.05) is 5.75 Å². The van der Waals surface area contributed by atoms with E-state index in [1.54, 1.807) is 0 Å². The molecule has 0 amide bonds. The van der Waals surface area contributed by atoms with E-state index in [1.165, 1.54) is 12.1 Å². The van der Waals surface area contributed by atoms with Crippen LogP contribution in [-0.4, -0.2) is 30.6 Å². The summed E-state index contributed by atoms with van der Waals surface area (Å²) in [6.07, 6.45) is 2.55. The van der Waals surface area contributed by atoms with E-state index in [9.17, 15) is 12.8 Å². The minimum Gasteiger partial charge on any atom is -0.392 e. The highest BCUT2D eigenvalue weighted by atomic mass is 32.2. The van der Waals surface area contributed by atoms with Crippen molar-refractivity contribution < 1.29 is 17.9 Å². The molecule has 0 bridgehead atoms. The number of aliphatic hydroxyl groups is 1. The Balaban J connectivity index is 2.09. The second-order valence-corrected chi connectivity index (χ2v) is 8.39. The summed E-state index contributed by atoms with van der Waals surface area (Å²) < 4.78 is 41.0. The van der Waals surface area contributed by atoms with Gasteiger partial charge in [0.25, 0.3) is 0 Å². The summed E-state index contributed by atoms with van der Waals surface area (Å²) in [7, 11) is -3.85. The third kappa shape index (κ3) is 4.18. The molecule has 1 aliphatic carbocycles. The standard InChI is InChI=1S/C14H20FNO3S2/c1-2-20-12-5-4-11(8-12)16-21(18,19)14-6-3-10(9-17)7-13(14)15/h3,6-7,11-12,16-17H,2,4-5,8-9H2,1H3. The number of hydrogen-bond donors (Lipinski definition) is 2. The van der Waals surface area contributed by atoms with Crippen molar-refractivity contribution in [1.29, 1.82) is 0 Å². The number of hydrogen-bond acceptors (Lipinski definition) is 4. The molecule has 2 rings (SSSR count). The van der Waals surface area contributed by atoms with Gasteiger partial charge in [-0.25, -0.2) is 17.5 Å². The third-order valence-electron chi connectivity index (χ3n) is 3.58. The lowest BCUT2D eigenvalue weighted by Crippen LogP contribution is -2.33. The van der Waals surface area contributed by atoms with Gasteiger partial charge in [-0.05, 0) is 42.7 Å². The monoisotopic (exact) mass is 333 g/mol. The molecule has 2 atom stereocenters. The van der Waals surface area contributed by atoms with Gasteiger partial charge in [-0.1, -0.05) is 13.0 Å². The smallest absolute Gasteiger partial charge is 0.243 e. The maximum Gasteiger partial charge on any atom is 0.243 e. The lowest BCUT2D eigenvalue weighted by molar-refractivity contribution is 0.281. The van der Waals surface area contributed by atoms with Crippen molar-refractivity contribution in [1.82, 2.24) is 4.72 Å². The number of thioether (sulfide) groups is 1. The molecule has 0 aromatic heterocycles. The molecule has 0 heterocycles. The van der Waals surface area contributed by atoms with Gasteiger partial charge in [-0.2, -0.15) is 11.8 Å². The fourth-order valence-electron chi connectivity index (χ4n) is 2.58. The van der Waals surface area contributed by atoms with Crippen LogP contribution in [0.1, 0.15) is 31.7 Å². The van der Waals surface area contributed by atoms with Crippen molar-refractivity contribution in [3.05, 3.63) is 29.6 Å². The first kappa shape index (κ1) is 16.7. The van der Waals surface area contributed by atoms with Crippen molar-refractivity contribution in [3.63, 3.8) is 0 Å². The van der Waals surface area contributed by atoms with Gasteiger partial charge in [0.15, 0.2) is 0 Å². The van der Waals surface area contributed by atoms with Gasteiger partial charge in [0.05, 0.1) is 6.61 Å². The lowest BCUT2D eigenvalue weighted by atomic mass is 10.2. The van der Waals surface area contributed by atoms with E-state index >= 15 is 0 Å². The van der Waals surface area contributed by atoms with Gasteiger partial charge in [0.1, 0.15) is 10.7 Å². The molecule has 0 spiro atoms. The van der Waals surface area contributed by atoms with Crippen LogP contribution in [0.25, 0.3) is 0 Å². The van der Waals surface area contributed by atoms with E-state index in [0.717, 1.165) is 31.1 Å². The fraction of sp³-hybridized carbons (Fsp3) is 0.571. The highest BCUT2D eigenvalue weighted by molar-refractivity contribution is 7.99. The maximum absolute atomic E-state index is 13.9. The Hall–Kier alpha value is -0.630. The number of nitrogens with one attached hydrogen (secondary N) is 1. The SMILES string of the molecule is CCSC1CCC(NS(=O)(=O)c2ccc(CO)cc2F)C1. The normalized spacial score (nSPS) is 22.6. The Morgan fingerprint density at radius 1 is 1.43 bits per heavy atom. The Bertz CT molecular complexity index is 592. The quantitative estimate of drug-likeness (QED) is 0.838. The van der Waals surface area contributed by atoms with E-state index < -0.39 is 15.8 Å². The average molecular weight is 333 g/mol. The first-order valence-corrected chi connectivity index (χ1v) is 9.52. The number of aliphatic hydroxyl groups excluding tert-OH is 1. The Morgan fingerprint density at radius 2 is 2.19 bits per heavy atom. The number of sulfonamides is 1. The van der Waals surface area contributed by atoms with Gasteiger partial charge in [-0.3, -0.25) is 0 Å². The highest BCUT2D eigenvalue weighted by Gasteiger charge is 2.29. The molecule has 1 fully saturated rings. The van der Waals surface area contributed by atoms with E-state index in [2.05, 4.69) is 11.6 Å². The summed E-state index contributed by atoms with van der Waals surface area (Å²) in [5.41, 5.74) is 0.353. The lowest BCUT2D eigenvalue weighted by Gasteiger charge is -2.14. The molecule has 0 saturated heterocycles. The molecule has 1 aromatic carbocycles. The van der Waals surface area contributed by atoms with Gasteiger partial charge >= 0.3 is 0 Å². The first-order chi connectivity index (χ1) is 9.96. The Labute approximate surface area is 129 Å². The molecule has 0 aliphatic heterocycles. The number of halogens is 1. The van der Waals surface area contributed by atoms with Crippen molar-refractivity contribution in [2.45, 2.75) is 49.0 Å². The molecule has 2 N–H and O–H groups in total. The second kappa shape index (κ2) is 7.09. The number of rotatable bonds is 6. The Kier molecular flexibility index (Phi) is 5.65. The van der Waals surface area contributed by atoms with Crippen LogP contribution in [-0.2, 0) is 16.6 Å². The van der Waals surface area contributed by atoms with Crippen molar-refractivity contribution in [3.8, 4) is 0 Å². The molecular weight excluding hydrogens is 313 g/mol. The predicted molar refractivity (Wildman–Crippen MR) is 82.2 cm³/mol. The zero-order valence-electron chi connectivity index (χ0n) is 11.9. The van der Waals surface area contributed by atoms with Crippen molar-refractivity contribution >= 4 is 21.8 Å². The molecule has 0 radical (unpaired) electrons. The summed E-state index contributed by atoms with van der Waals surface area (Å²) >= 11 is 1.84. The summed E-state index contributed by atoms with van der Waals surface area (Å²) in [5, 5.41) is 9.41. The van der Waals surface area contributed by atoms with Crippen molar-refractivity contribution in [2.24, 2.45) is 0 Å². The maximum atomic E-state index is 13.9. The Morgan fingerprint density at radius 3 is 2.81 bits per heavy atom. The summed E-state index contributed by atoms with van der Waals surface area (Å²) in [6, 6.07) is 3.55. The molecule has 7 heteroatoms. The van der Waals surface area contributed by atoms with Crippen LogP contribution in [0, 0.1) is 5.82 Å². The van der Waals surface area contributed by atoms with Gasteiger partial charge in [-0.15, -0.1) is 0 Å². The topological polar surface area (TPSA) is 66.4 Å². The van der Waals surface area contributed by atoms with Crippen LogP contribution in [0.2, 0.25) is 0 Å². The highest BCUT2D eigenvalue weighted by Crippen LogP contribution is 2.30. The van der Waals surface area contributed by atoms with Crippen LogP contribution in [0.4, 0.5) is 4.39 Å². The molecular formula is C14H20FNO3S2. The molecule has 21 heavy (non-hydrogen) atoms. The summed E-state index contributed by atoms with van der Waals surface area (Å²) in [5.74, 6) is 0.188. The molecule has 1 aromatic rings. The number of benzene rings is 1. The first-order valence-electron chi connectivity index (χ1n) is 6.99. The van der Waals surface area contributed by atoms with Crippen LogP contribution in [0.15, 0.2) is 23.1 Å². The minimum absolute atomic E-state index is 0.129. The molecule has 1 saturated carbocycles. The van der Waals surface area contributed by atoms with E-state index in [1.807, 2.05) is 11.8 Å². The molecule has 1 aliphatic rings. The van der Waals surface area contributed by atoms with Crippen LogP contribution < -0.4 is 4.72 Å². The van der Waals surface area contributed by atoms with Crippen LogP contribution in [0.3, 0.4) is 0 Å². The fourth-order valence-corrected chi connectivity index (χ4v) is 5.06. The van der Waals surface area contributed by atoms with E-state index in [4.69, 9.17) is 5.11 Å². The van der Waals surface area contributed by atoms with Gasteiger partial charge in [0.2, 0.25) is 10.0 Å². The van der Waals surface area contributed by atoms with E-state index in [0.29, 0.717) is 10.8 Å². The predicted octanol–water partition coefficient (Wildman–Crippen LogP) is 2.27. The van der Waals surface area contributed by atoms with Crippen LogP contribution >= 0.6 is 11.8 Å².